The zero-order valence-corrected chi connectivity index (χ0v) is 13.0. The molecule has 24 heavy (non-hydrogen) atoms. The summed E-state index contributed by atoms with van der Waals surface area (Å²) >= 11 is 0. The highest BCUT2D eigenvalue weighted by atomic mass is 19.4. The zero-order chi connectivity index (χ0) is 17.2. The minimum atomic E-state index is -4.48. The van der Waals surface area contributed by atoms with Gasteiger partial charge in [0, 0.05) is 5.69 Å². The number of methoxy groups -OCH3 is 1. The van der Waals surface area contributed by atoms with E-state index < -0.39 is 6.30 Å². The summed E-state index contributed by atoms with van der Waals surface area (Å²) in [4.78, 5) is 0.439. The lowest BCUT2D eigenvalue weighted by Crippen LogP contribution is -2.37. The van der Waals surface area contributed by atoms with E-state index in [4.69, 9.17) is 4.74 Å². The van der Waals surface area contributed by atoms with Crippen LogP contribution in [0.5, 0.6) is 5.75 Å². The fraction of sp³-hybridized carbons (Fsp3) is 0.158. The number of rotatable bonds is 4. The number of benzene rings is 3. The summed E-state index contributed by atoms with van der Waals surface area (Å²) in [6, 6.07) is 18.7. The van der Waals surface area contributed by atoms with Gasteiger partial charge in [-0.25, -0.2) is 0 Å². The second-order valence-electron chi connectivity index (χ2n) is 5.39. The van der Waals surface area contributed by atoms with Gasteiger partial charge in [0.05, 0.1) is 13.7 Å². The van der Waals surface area contributed by atoms with Crippen molar-refractivity contribution in [2.24, 2.45) is 0 Å². The second-order valence-corrected chi connectivity index (χ2v) is 5.39. The SMILES string of the molecule is COc1ccc(N(Cc2cccc3ccccc23)C(F)(F)F)cc1. The maximum absolute atomic E-state index is 13.6. The Hall–Kier alpha value is -2.69. The molecule has 0 saturated heterocycles. The first-order valence-corrected chi connectivity index (χ1v) is 7.44. The topological polar surface area (TPSA) is 12.5 Å². The summed E-state index contributed by atoms with van der Waals surface area (Å²) in [6.45, 7) is -0.253. The monoisotopic (exact) mass is 331 g/mol. The van der Waals surface area contributed by atoms with Crippen LogP contribution in [0.25, 0.3) is 10.8 Å². The van der Waals surface area contributed by atoms with Crippen molar-refractivity contribution >= 4 is 16.5 Å². The first kappa shape index (κ1) is 16.2. The molecular weight excluding hydrogens is 315 g/mol. The third kappa shape index (κ3) is 3.30. The van der Waals surface area contributed by atoms with Crippen LogP contribution >= 0.6 is 0 Å². The van der Waals surface area contributed by atoms with Crippen LogP contribution in [0.4, 0.5) is 18.9 Å². The van der Waals surface area contributed by atoms with E-state index in [9.17, 15) is 13.2 Å². The van der Waals surface area contributed by atoms with Crippen molar-refractivity contribution in [1.82, 2.24) is 0 Å². The Morgan fingerprint density at radius 3 is 2.21 bits per heavy atom. The lowest BCUT2D eigenvalue weighted by molar-refractivity contribution is -0.130. The number of nitrogens with zero attached hydrogens (tertiary/aromatic N) is 1. The number of anilines is 1. The molecule has 5 heteroatoms. The van der Waals surface area contributed by atoms with Gasteiger partial charge >= 0.3 is 6.30 Å². The molecule has 2 nitrogen and oxygen atoms in total. The zero-order valence-electron chi connectivity index (χ0n) is 13.0. The van der Waals surface area contributed by atoms with Gasteiger partial charge < -0.3 is 4.74 Å². The molecule has 0 aliphatic rings. The molecule has 0 aliphatic heterocycles. The lowest BCUT2D eigenvalue weighted by atomic mass is 10.0. The molecule has 3 rings (SSSR count). The molecule has 0 unspecified atom stereocenters. The number of halogens is 3. The van der Waals surface area contributed by atoms with Crippen molar-refractivity contribution in [3.05, 3.63) is 72.3 Å². The summed E-state index contributed by atoms with van der Waals surface area (Å²) in [5, 5.41) is 1.75. The summed E-state index contributed by atoms with van der Waals surface area (Å²) in [6.07, 6.45) is -4.48. The van der Waals surface area contributed by atoms with E-state index in [2.05, 4.69) is 0 Å². The highest BCUT2D eigenvalue weighted by Gasteiger charge is 2.37. The Morgan fingerprint density at radius 2 is 1.54 bits per heavy atom. The Labute approximate surface area is 138 Å². The minimum Gasteiger partial charge on any atom is -0.497 e. The Balaban J connectivity index is 2.00. The van der Waals surface area contributed by atoms with Crippen molar-refractivity contribution in [1.29, 1.82) is 0 Å². The average Bonchev–Trinajstić information content (AvgIpc) is 2.59. The third-order valence-electron chi connectivity index (χ3n) is 3.90. The molecule has 3 aromatic carbocycles. The molecule has 0 amide bonds. The molecule has 0 heterocycles. The van der Waals surface area contributed by atoms with Gasteiger partial charge in [0.2, 0.25) is 0 Å². The second kappa shape index (κ2) is 6.43. The van der Waals surface area contributed by atoms with Crippen LogP contribution < -0.4 is 9.64 Å². The maximum Gasteiger partial charge on any atom is 0.485 e. The van der Waals surface area contributed by atoms with Gasteiger partial charge in [-0.2, -0.15) is 13.2 Å². The predicted octanol–water partition coefficient (Wildman–Crippen LogP) is 5.37. The van der Waals surface area contributed by atoms with Gasteiger partial charge in [0.1, 0.15) is 5.75 Å². The van der Waals surface area contributed by atoms with E-state index in [1.54, 1.807) is 12.1 Å². The number of fused-ring (bicyclic) bond motifs is 1. The first-order chi connectivity index (χ1) is 11.5. The third-order valence-corrected chi connectivity index (χ3v) is 3.90. The molecule has 0 aromatic heterocycles. The quantitative estimate of drug-likeness (QED) is 0.596. The van der Waals surface area contributed by atoms with E-state index in [0.717, 1.165) is 10.8 Å². The van der Waals surface area contributed by atoms with Gasteiger partial charge in [-0.15, -0.1) is 0 Å². The standard InChI is InChI=1S/C19H16F3NO/c1-24-17-11-9-16(10-12-17)23(19(20,21)22)13-15-7-4-6-14-5-2-3-8-18(14)15/h2-12H,13H2,1H3. The number of hydrogen-bond acceptors (Lipinski definition) is 2. The van der Waals surface area contributed by atoms with E-state index in [0.29, 0.717) is 16.2 Å². The summed E-state index contributed by atoms with van der Waals surface area (Å²) in [5.41, 5.74) is 0.706. The van der Waals surface area contributed by atoms with Crippen LogP contribution in [0.15, 0.2) is 66.7 Å². The van der Waals surface area contributed by atoms with Crippen molar-refractivity contribution in [2.45, 2.75) is 12.8 Å². The minimum absolute atomic E-state index is 0.0798. The summed E-state index contributed by atoms with van der Waals surface area (Å²) in [5.74, 6) is 0.519. The Kier molecular flexibility index (Phi) is 4.34. The molecule has 0 radical (unpaired) electrons. The molecule has 0 atom stereocenters. The van der Waals surface area contributed by atoms with Crippen molar-refractivity contribution < 1.29 is 17.9 Å². The van der Waals surface area contributed by atoms with Gasteiger partial charge in [-0.05, 0) is 40.6 Å². The molecule has 0 N–H and O–H groups in total. The molecule has 0 saturated carbocycles. The molecule has 0 aliphatic carbocycles. The molecule has 0 fully saturated rings. The van der Waals surface area contributed by atoms with Crippen molar-refractivity contribution in [3.8, 4) is 5.75 Å². The maximum atomic E-state index is 13.6. The summed E-state index contributed by atoms with van der Waals surface area (Å²) in [7, 11) is 1.48. The normalized spacial score (nSPS) is 11.5. The van der Waals surface area contributed by atoms with Crippen LogP contribution in [0.3, 0.4) is 0 Å². The first-order valence-electron chi connectivity index (χ1n) is 7.44. The highest BCUT2D eigenvalue weighted by molar-refractivity contribution is 5.85. The average molecular weight is 331 g/mol. The van der Waals surface area contributed by atoms with Crippen molar-refractivity contribution in [3.63, 3.8) is 0 Å². The number of hydrogen-bond donors (Lipinski definition) is 0. The van der Waals surface area contributed by atoms with E-state index >= 15 is 0 Å². The number of alkyl halides is 3. The van der Waals surface area contributed by atoms with E-state index in [1.807, 2.05) is 30.3 Å². The van der Waals surface area contributed by atoms with Gasteiger partial charge in [-0.3, -0.25) is 4.90 Å². The van der Waals surface area contributed by atoms with Gasteiger partial charge in [0.15, 0.2) is 0 Å². The highest BCUT2D eigenvalue weighted by Crippen LogP contribution is 2.32. The Morgan fingerprint density at radius 1 is 0.875 bits per heavy atom. The number of ether oxygens (including phenoxy) is 1. The molecular formula is C19H16F3NO. The van der Waals surface area contributed by atoms with Gasteiger partial charge in [-0.1, -0.05) is 42.5 Å². The molecule has 124 valence electrons. The smallest absolute Gasteiger partial charge is 0.485 e. The molecule has 0 bridgehead atoms. The fourth-order valence-electron chi connectivity index (χ4n) is 2.69. The van der Waals surface area contributed by atoms with Crippen LogP contribution in [-0.4, -0.2) is 13.4 Å². The lowest BCUT2D eigenvalue weighted by Gasteiger charge is -2.27. The summed E-state index contributed by atoms with van der Waals surface area (Å²) < 4.78 is 45.7. The van der Waals surface area contributed by atoms with E-state index in [1.165, 1.54) is 31.4 Å². The Bertz CT molecular complexity index is 823. The molecule has 0 spiro atoms. The van der Waals surface area contributed by atoms with E-state index in [-0.39, 0.29) is 12.2 Å². The molecule has 3 aromatic rings. The van der Waals surface area contributed by atoms with Crippen LogP contribution in [0, 0.1) is 0 Å². The van der Waals surface area contributed by atoms with Crippen LogP contribution in [-0.2, 0) is 6.54 Å². The van der Waals surface area contributed by atoms with Crippen LogP contribution in [0.1, 0.15) is 5.56 Å². The fourth-order valence-corrected chi connectivity index (χ4v) is 2.69. The largest absolute Gasteiger partial charge is 0.497 e. The predicted molar refractivity (Wildman–Crippen MR) is 89.2 cm³/mol. The van der Waals surface area contributed by atoms with Crippen molar-refractivity contribution in [2.75, 3.05) is 12.0 Å². The van der Waals surface area contributed by atoms with Gasteiger partial charge in [0.25, 0.3) is 0 Å². The van der Waals surface area contributed by atoms with Crippen LogP contribution in [0.2, 0.25) is 0 Å².